The summed E-state index contributed by atoms with van der Waals surface area (Å²) in [6, 6.07) is 0. The van der Waals surface area contributed by atoms with Gasteiger partial charge in [-0.05, 0) is 31.2 Å². The lowest BCUT2D eigenvalue weighted by atomic mass is 9.97. The largest absolute Gasteiger partial charge is 0.308 e. The van der Waals surface area contributed by atoms with Crippen LogP contribution < -0.4 is 11.3 Å². The van der Waals surface area contributed by atoms with Gasteiger partial charge in [0.25, 0.3) is 0 Å². The van der Waals surface area contributed by atoms with Crippen LogP contribution in [0.3, 0.4) is 0 Å². The molecular formula is C14H16N6S. The second kappa shape index (κ2) is 4.78. The van der Waals surface area contributed by atoms with Gasteiger partial charge in [-0.25, -0.2) is 15.8 Å². The molecule has 0 bridgehead atoms. The van der Waals surface area contributed by atoms with Gasteiger partial charge in [0.05, 0.1) is 17.1 Å². The van der Waals surface area contributed by atoms with E-state index in [-0.39, 0.29) is 0 Å². The molecule has 0 aromatic carbocycles. The highest BCUT2D eigenvalue weighted by atomic mass is 32.1. The van der Waals surface area contributed by atoms with Crippen LogP contribution in [0.1, 0.15) is 23.3 Å². The fraction of sp³-hybridized carbons (Fsp3) is 0.357. The van der Waals surface area contributed by atoms with Crippen molar-refractivity contribution >= 4 is 27.4 Å². The third-order valence-electron chi connectivity index (χ3n) is 3.91. The van der Waals surface area contributed by atoms with Crippen LogP contribution in [-0.4, -0.2) is 19.7 Å². The van der Waals surface area contributed by atoms with Gasteiger partial charge >= 0.3 is 0 Å². The summed E-state index contributed by atoms with van der Waals surface area (Å²) in [5.74, 6) is 7.09. The van der Waals surface area contributed by atoms with E-state index in [1.165, 1.54) is 23.3 Å². The van der Waals surface area contributed by atoms with Crippen LogP contribution in [0.25, 0.3) is 21.6 Å². The first kappa shape index (κ1) is 12.7. The first-order valence-electron chi connectivity index (χ1n) is 7.04. The minimum absolute atomic E-state index is 0.669. The molecular weight excluding hydrogens is 284 g/mol. The number of aryl methyl sites for hydroxylation is 3. The lowest BCUT2D eigenvalue weighted by Crippen LogP contribution is -2.11. The minimum atomic E-state index is 0.669. The molecule has 7 heteroatoms. The predicted molar refractivity (Wildman–Crippen MR) is 84.1 cm³/mol. The highest BCUT2D eigenvalue weighted by Crippen LogP contribution is 2.39. The number of nitrogen functional groups attached to an aromatic ring is 1. The van der Waals surface area contributed by atoms with Crippen molar-refractivity contribution in [2.24, 2.45) is 12.9 Å². The number of hydrazine groups is 1. The van der Waals surface area contributed by atoms with E-state index in [0.29, 0.717) is 5.82 Å². The van der Waals surface area contributed by atoms with Crippen LogP contribution in [0.4, 0.5) is 5.82 Å². The molecule has 3 heterocycles. The molecule has 0 radical (unpaired) electrons. The Bertz CT molecular complexity index is 818. The quantitative estimate of drug-likeness (QED) is 0.560. The molecule has 6 nitrogen and oxygen atoms in total. The number of fused-ring (bicyclic) bond motifs is 3. The topological polar surface area (TPSA) is 81.7 Å². The summed E-state index contributed by atoms with van der Waals surface area (Å²) < 4.78 is 1.75. The van der Waals surface area contributed by atoms with Gasteiger partial charge < -0.3 is 5.43 Å². The Balaban J connectivity index is 1.96. The maximum atomic E-state index is 5.70. The zero-order valence-electron chi connectivity index (χ0n) is 11.8. The summed E-state index contributed by atoms with van der Waals surface area (Å²) in [4.78, 5) is 11.8. The zero-order chi connectivity index (χ0) is 14.4. The average Bonchev–Trinajstić information content (AvgIpc) is 3.09. The van der Waals surface area contributed by atoms with Gasteiger partial charge in [0, 0.05) is 18.1 Å². The van der Waals surface area contributed by atoms with Crippen LogP contribution in [0.15, 0.2) is 12.4 Å². The Morgan fingerprint density at radius 2 is 2.14 bits per heavy atom. The summed E-state index contributed by atoms with van der Waals surface area (Å²) in [5.41, 5.74) is 5.04. The standard InChI is InChI=1S/C14H16N6S/c1-20-7-8(6-16-20)12-17-13(19-15)11-9-4-2-3-5-10(9)21-14(11)18-12/h6-7H,2-5,15H2,1H3,(H,17,18,19). The number of anilines is 1. The Kier molecular flexibility index (Phi) is 2.90. The van der Waals surface area contributed by atoms with E-state index in [9.17, 15) is 0 Å². The van der Waals surface area contributed by atoms with Gasteiger partial charge in [-0.3, -0.25) is 4.68 Å². The highest BCUT2D eigenvalue weighted by molar-refractivity contribution is 7.19. The van der Waals surface area contributed by atoms with Crippen molar-refractivity contribution in [3.63, 3.8) is 0 Å². The van der Waals surface area contributed by atoms with Gasteiger partial charge in [-0.1, -0.05) is 0 Å². The smallest absolute Gasteiger partial charge is 0.166 e. The summed E-state index contributed by atoms with van der Waals surface area (Å²) in [7, 11) is 1.88. The summed E-state index contributed by atoms with van der Waals surface area (Å²) in [6.07, 6.45) is 8.41. The van der Waals surface area contributed by atoms with Crippen molar-refractivity contribution in [2.45, 2.75) is 25.7 Å². The third kappa shape index (κ3) is 2.00. The molecule has 108 valence electrons. The first-order chi connectivity index (χ1) is 10.3. The van der Waals surface area contributed by atoms with E-state index >= 15 is 0 Å². The summed E-state index contributed by atoms with van der Waals surface area (Å²) in [5, 5.41) is 5.28. The fourth-order valence-electron chi connectivity index (χ4n) is 2.93. The van der Waals surface area contributed by atoms with Crippen LogP contribution in [0.5, 0.6) is 0 Å². The third-order valence-corrected chi connectivity index (χ3v) is 5.10. The van der Waals surface area contributed by atoms with Crippen molar-refractivity contribution < 1.29 is 0 Å². The van der Waals surface area contributed by atoms with Crippen molar-refractivity contribution in [3.05, 3.63) is 22.8 Å². The van der Waals surface area contributed by atoms with Crippen molar-refractivity contribution in [1.29, 1.82) is 0 Å². The monoisotopic (exact) mass is 300 g/mol. The summed E-state index contributed by atoms with van der Waals surface area (Å²) >= 11 is 1.77. The Morgan fingerprint density at radius 1 is 1.29 bits per heavy atom. The number of nitrogens with two attached hydrogens (primary N) is 1. The van der Waals surface area contributed by atoms with Gasteiger partial charge in [-0.2, -0.15) is 5.10 Å². The second-order valence-electron chi connectivity index (χ2n) is 5.33. The minimum Gasteiger partial charge on any atom is -0.308 e. The van der Waals surface area contributed by atoms with E-state index in [1.807, 2.05) is 13.2 Å². The Morgan fingerprint density at radius 3 is 2.90 bits per heavy atom. The number of hydrogen-bond acceptors (Lipinski definition) is 6. The number of thiophene rings is 1. The molecule has 1 aliphatic rings. The zero-order valence-corrected chi connectivity index (χ0v) is 12.6. The van der Waals surface area contributed by atoms with E-state index < -0.39 is 0 Å². The van der Waals surface area contributed by atoms with Gasteiger partial charge in [0.15, 0.2) is 11.6 Å². The fourth-order valence-corrected chi connectivity index (χ4v) is 4.19. The number of aromatic nitrogens is 4. The summed E-state index contributed by atoms with van der Waals surface area (Å²) in [6.45, 7) is 0. The van der Waals surface area contributed by atoms with Crippen LogP contribution in [0.2, 0.25) is 0 Å². The van der Waals surface area contributed by atoms with Gasteiger partial charge in [-0.15, -0.1) is 11.3 Å². The molecule has 3 aromatic rings. The molecule has 0 unspecified atom stereocenters. The first-order valence-corrected chi connectivity index (χ1v) is 7.86. The van der Waals surface area contributed by atoms with Crippen LogP contribution >= 0.6 is 11.3 Å². The van der Waals surface area contributed by atoms with Gasteiger partial charge in [0.2, 0.25) is 0 Å². The number of hydrogen-bond donors (Lipinski definition) is 2. The molecule has 0 saturated carbocycles. The molecule has 0 saturated heterocycles. The van der Waals surface area contributed by atoms with Crippen molar-refractivity contribution in [1.82, 2.24) is 19.7 Å². The molecule has 21 heavy (non-hydrogen) atoms. The average molecular weight is 300 g/mol. The predicted octanol–water partition coefficient (Wildman–Crippen LogP) is 2.26. The molecule has 0 aliphatic heterocycles. The van der Waals surface area contributed by atoms with E-state index in [2.05, 4.69) is 15.5 Å². The normalized spacial score (nSPS) is 14.4. The molecule has 0 fully saturated rings. The molecule has 0 atom stereocenters. The van der Waals surface area contributed by atoms with Gasteiger partial charge in [0.1, 0.15) is 4.83 Å². The maximum Gasteiger partial charge on any atom is 0.166 e. The van der Waals surface area contributed by atoms with Crippen LogP contribution in [0, 0.1) is 0 Å². The molecule has 0 amide bonds. The van der Waals surface area contributed by atoms with Crippen LogP contribution in [-0.2, 0) is 19.9 Å². The second-order valence-corrected chi connectivity index (χ2v) is 6.42. The number of rotatable bonds is 2. The Hall–Kier alpha value is -1.99. The van der Waals surface area contributed by atoms with Crippen molar-refractivity contribution in [3.8, 4) is 11.4 Å². The maximum absolute atomic E-state index is 5.70. The highest BCUT2D eigenvalue weighted by Gasteiger charge is 2.21. The molecule has 4 rings (SSSR count). The molecule has 3 aromatic heterocycles. The lowest BCUT2D eigenvalue weighted by molar-refractivity contribution is 0.700. The Labute approximate surface area is 126 Å². The van der Waals surface area contributed by atoms with E-state index in [0.717, 1.165) is 34.4 Å². The van der Waals surface area contributed by atoms with Crippen molar-refractivity contribution in [2.75, 3.05) is 5.43 Å². The molecule has 3 N–H and O–H groups in total. The SMILES string of the molecule is Cn1cc(-c2nc(NN)c3c4c(sc3n2)CCCC4)cn1. The lowest BCUT2D eigenvalue weighted by Gasteiger charge is -2.11. The molecule has 0 spiro atoms. The van der Waals surface area contributed by atoms with E-state index in [1.54, 1.807) is 22.2 Å². The molecule has 1 aliphatic carbocycles. The van der Waals surface area contributed by atoms with E-state index in [4.69, 9.17) is 10.8 Å². The number of nitrogens with zero attached hydrogens (tertiary/aromatic N) is 4. The number of nitrogens with one attached hydrogen (secondary N) is 1.